The van der Waals surface area contributed by atoms with Crippen molar-refractivity contribution < 1.29 is 14.3 Å². The number of nitrogens with zero attached hydrogens (tertiary/aromatic N) is 3. The van der Waals surface area contributed by atoms with Crippen molar-refractivity contribution in [3.05, 3.63) is 36.0 Å². The van der Waals surface area contributed by atoms with Crippen LogP contribution < -0.4 is 15.0 Å². The number of ether oxygens (including phenoxy) is 1. The zero-order valence-electron chi connectivity index (χ0n) is 18.9. The standard InChI is InChI=1S/C23H32N4O3/c1-22(2,3)18-13-19(27(25-18)23(4,5)6)24-21(29)15-11-20(28)26(14-15)16-9-8-10-17(12-16)30-7/h8-10,12-13,15H,11,14H2,1-7H3,(H,24,29). The Labute approximate surface area is 178 Å². The van der Waals surface area contributed by atoms with Gasteiger partial charge in [0.25, 0.3) is 0 Å². The molecule has 2 amide bonds. The number of hydrogen-bond acceptors (Lipinski definition) is 4. The van der Waals surface area contributed by atoms with Gasteiger partial charge < -0.3 is 15.0 Å². The number of rotatable bonds is 4. The van der Waals surface area contributed by atoms with E-state index < -0.39 is 5.92 Å². The van der Waals surface area contributed by atoms with E-state index in [0.717, 1.165) is 11.4 Å². The van der Waals surface area contributed by atoms with E-state index in [1.54, 1.807) is 12.0 Å². The number of benzene rings is 1. The molecule has 162 valence electrons. The molecule has 7 nitrogen and oxygen atoms in total. The topological polar surface area (TPSA) is 76.5 Å². The maximum atomic E-state index is 13.0. The van der Waals surface area contributed by atoms with Crippen LogP contribution in [0.2, 0.25) is 0 Å². The number of carbonyl (C=O) groups excluding carboxylic acids is 2. The lowest BCUT2D eigenvalue weighted by Gasteiger charge is -2.23. The van der Waals surface area contributed by atoms with Crippen LogP contribution in [-0.4, -0.2) is 35.2 Å². The molecular formula is C23H32N4O3. The molecule has 1 aliphatic rings. The van der Waals surface area contributed by atoms with Crippen molar-refractivity contribution in [2.24, 2.45) is 5.92 Å². The highest BCUT2D eigenvalue weighted by atomic mass is 16.5. The minimum atomic E-state index is -0.426. The van der Waals surface area contributed by atoms with E-state index in [2.05, 4.69) is 26.1 Å². The molecule has 3 rings (SSSR count). The predicted octanol–water partition coefficient (Wildman–Crippen LogP) is 3.94. The number of amides is 2. The van der Waals surface area contributed by atoms with Gasteiger partial charge in [0.2, 0.25) is 11.8 Å². The molecule has 1 unspecified atom stereocenters. The van der Waals surface area contributed by atoms with Crippen LogP contribution in [0.15, 0.2) is 30.3 Å². The predicted molar refractivity (Wildman–Crippen MR) is 118 cm³/mol. The summed E-state index contributed by atoms with van der Waals surface area (Å²) in [6, 6.07) is 9.26. The van der Waals surface area contributed by atoms with Gasteiger partial charge in [-0.25, -0.2) is 4.68 Å². The molecule has 1 aliphatic heterocycles. The summed E-state index contributed by atoms with van der Waals surface area (Å²) in [5.74, 6) is 0.675. The van der Waals surface area contributed by atoms with Gasteiger partial charge in [-0.1, -0.05) is 26.8 Å². The third-order valence-corrected chi connectivity index (χ3v) is 5.23. The van der Waals surface area contributed by atoms with E-state index in [1.165, 1.54) is 0 Å². The lowest BCUT2D eigenvalue weighted by Crippen LogP contribution is -2.31. The summed E-state index contributed by atoms with van der Waals surface area (Å²) in [6.45, 7) is 12.8. The van der Waals surface area contributed by atoms with Crippen molar-refractivity contribution in [3.8, 4) is 5.75 Å². The second kappa shape index (κ2) is 7.78. The molecule has 1 saturated heterocycles. The Balaban J connectivity index is 1.80. The fraction of sp³-hybridized carbons (Fsp3) is 0.522. The lowest BCUT2D eigenvalue weighted by atomic mass is 9.92. The van der Waals surface area contributed by atoms with Crippen LogP contribution in [0.25, 0.3) is 0 Å². The number of methoxy groups -OCH3 is 1. The van der Waals surface area contributed by atoms with Crippen LogP contribution >= 0.6 is 0 Å². The third-order valence-electron chi connectivity index (χ3n) is 5.23. The summed E-state index contributed by atoms with van der Waals surface area (Å²) in [5.41, 5.74) is 1.23. The number of carbonyl (C=O) groups is 2. The Hall–Kier alpha value is -2.83. The Bertz CT molecular complexity index is 950. The minimum absolute atomic E-state index is 0.0666. The van der Waals surface area contributed by atoms with E-state index >= 15 is 0 Å². The fourth-order valence-electron chi connectivity index (χ4n) is 3.49. The Morgan fingerprint density at radius 2 is 1.87 bits per heavy atom. The average molecular weight is 413 g/mol. The highest BCUT2D eigenvalue weighted by molar-refractivity contribution is 6.03. The molecular weight excluding hydrogens is 380 g/mol. The maximum absolute atomic E-state index is 13.0. The van der Waals surface area contributed by atoms with Gasteiger partial charge >= 0.3 is 0 Å². The quantitative estimate of drug-likeness (QED) is 0.825. The van der Waals surface area contributed by atoms with Crippen LogP contribution in [0.1, 0.15) is 53.7 Å². The normalized spacial score (nSPS) is 17.4. The van der Waals surface area contributed by atoms with Crippen molar-refractivity contribution in [3.63, 3.8) is 0 Å². The Morgan fingerprint density at radius 1 is 1.17 bits per heavy atom. The second-order valence-electron chi connectivity index (χ2n) is 9.84. The molecule has 30 heavy (non-hydrogen) atoms. The van der Waals surface area contributed by atoms with Gasteiger partial charge in [-0.15, -0.1) is 0 Å². The highest BCUT2D eigenvalue weighted by Gasteiger charge is 2.36. The minimum Gasteiger partial charge on any atom is -0.497 e. The van der Waals surface area contributed by atoms with Gasteiger partial charge in [0.05, 0.1) is 24.3 Å². The van der Waals surface area contributed by atoms with Crippen molar-refractivity contribution in [1.29, 1.82) is 0 Å². The summed E-state index contributed by atoms with van der Waals surface area (Å²) < 4.78 is 7.10. The molecule has 0 bridgehead atoms. The van der Waals surface area contributed by atoms with Crippen LogP contribution in [0.5, 0.6) is 5.75 Å². The molecule has 1 N–H and O–H groups in total. The van der Waals surface area contributed by atoms with Crippen LogP contribution in [0.4, 0.5) is 11.5 Å². The molecule has 7 heteroatoms. The van der Waals surface area contributed by atoms with E-state index in [1.807, 2.05) is 55.8 Å². The number of anilines is 2. The molecule has 2 heterocycles. The molecule has 1 fully saturated rings. The van der Waals surface area contributed by atoms with Crippen LogP contribution in [0, 0.1) is 5.92 Å². The summed E-state index contributed by atoms with van der Waals surface area (Å²) in [6.07, 6.45) is 0.179. The maximum Gasteiger partial charge on any atom is 0.230 e. The lowest BCUT2D eigenvalue weighted by molar-refractivity contribution is -0.122. The third kappa shape index (κ3) is 4.50. The van der Waals surface area contributed by atoms with Crippen molar-refractivity contribution in [1.82, 2.24) is 9.78 Å². The van der Waals surface area contributed by atoms with Gasteiger partial charge in [0, 0.05) is 36.2 Å². The highest BCUT2D eigenvalue weighted by Crippen LogP contribution is 2.31. The number of aromatic nitrogens is 2. The van der Waals surface area contributed by atoms with E-state index in [-0.39, 0.29) is 29.2 Å². The molecule has 1 atom stereocenters. The van der Waals surface area contributed by atoms with Gasteiger partial charge in [-0.3, -0.25) is 9.59 Å². The zero-order chi connectivity index (χ0) is 22.3. The monoisotopic (exact) mass is 412 g/mol. The van der Waals surface area contributed by atoms with Crippen molar-refractivity contribution in [2.45, 2.75) is 58.9 Å². The second-order valence-corrected chi connectivity index (χ2v) is 9.84. The molecule has 2 aromatic rings. The van der Waals surface area contributed by atoms with Crippen molar-refractivity contribution >= 4 is 23.3 Å². The molecule has 0 saturated carbocycles. The van der Waals surface area contributed by atoms with Gasteiger partial charge in [0.15, 0.2) is 0 Å². The summed E-state index contributed by atoms with van der Waals surface area (Å²) in [4.78, 5) is 27.3. The SMILES string of the molecule is COc1cccc(N2CC(C(=O)Nc3cc(C(C)(C)C)nn3C(C)(C)C)CC2=O)c1. The smallest absolute Gasteiger partial charge is 0.230 e. The average Bonchev–Trinajstić information content (AvgIpc) is 3.25. The first-order valence-electron chi connectivity index (χ1n) is 10.3. The first kappa shape index (κ1) is 21.9. The van der Waals surface area contributed by atoms with Gasteiger partial charge in [-0.2, -0.15) is 5.10 Å². The largest absolute Gasteiger partial charge is 0.497 e. The summed E-state index contributed by atoms with van der Waals surface area (Å²) in [5, 5.41) is 7.76. The van der Waals surface area contributed by atoms with Gasteiger partial charge in [-0.05, 0) is 32.9 Å². The van der Waals surface area contributed by atoms with E-state index in [9.17, 15) is 9.59 Å². The summed E-state index contributed by atoms with van der Waals surface area (Å²) in [7, 11) is 1.59. The Kier molecular flexibility index (Phi) is 5.67. The van der Waals surface area contributed by atoms with Gasteiger partial charge in [0.1, 0.15) is 11.6 Å². The van der Waals surface area contributed by atoms with Crippen LogP contribution in [-0.2, 0) is 20.5 Å². The first-order chi connectivity index (χ1) is 13.9. The molecule has 0 spiro atoms. The molecule has 1 aromatic carbocycles. The van der Waals surface area contributed by atoms with E-state index in [0.29, 0.717) is 18.1 Å². The zero-order valence-corrected chi connectivity index (χ0v) is 18.9. The fourth-order valence-corrected chi connectivity index (χ4v) is 3.49. The number of nitrogens with one attached hydrogen (secondary N) is 1. The molecule has 0 radical (unpaired) electrons. The number of hydrogen-bond donors (Lipinski definition) is 1. The van der Waals surface area contributed by atoms with Crippen LogP contribution in [0.3, 0.4) is 0 Å². The Morgan fingerprint density at radius 3 is 2.47 bits per heavy atom. The molecule has 1 aromatic heterocycles. The summed E-state index contributed by atoms with van der Waals surface area (Å²) >= 11 is 0. The molecule has 0 aliphatic carbocycles. The first-order valence-corrected chi connectivity index (χ1v) is 10.3. The van der Waals surface area contributed by atoms with Crippen molar-refractivity contribution in [2.75, 3.05) is 23.9 Å². The van der Waals surface area contributed by atoms with E-state index in [4.69, 9.17) is 9.84 Å².